The first-order valence-electron chi connectivity index (χ1n) is 7.58. The third-order valence-electron chi connectivity index (χ3n) is 3.88. The van der Waals surface area contributed by atoms with Crippen LogP contribution in [0.5, 0.6) is 0 Å². The zero-order valence-corrected chi connectivity index (χ0v) is 12.5. The Hall–Kier alpha value is -0.610. The van der Waals surface area contributed by atoms with E-state index >= 15 is 0 Å². The van der Waals surface area contributed by atoms with Crippen molar-refractivity contribution in [2.75, 3.05) is 13.2 Å². The zero-order chi connectivity index (χ0) is 14.3. The van der Waals surface area contributed by atoms with Crippen molar-refractivity contribution in [2.24, 2.45) is 5.92 Å². The zero-order valence-electron chi connectivity index (χ0n) is 12.5. The molecule has 1 aliphatic heterocycles. The molecule has 0 saturated carbocycles. The standard InChI is InChI=1S/C15H28O4/c1-4-7-12-11-15(17,9-10-19-12)13(8-5-2)14(16)18-6-3/h12-13,17H,4-11H2,1-3H3. The van der Waals surface area contributed by atoms with Crippen LogP contribution in [0.3, 0.4) is 0 Å². The summed E-state index contributed by atoms with van der Waals surface area (Å²) in [5.41, 5.74) is -0.958. The number of carbonyl (C=O) groups is 1. The number of aliphatic hydroxyl groups is 1. The predicted molar refractivity (Wildman–Crippen MR) is 73.9 cm³/mol. The molecule has 1 N–H and O–H groups in total. The highest BCUT2D eigenvalue weighted by Gasteiger charge is 2.45. The van der Waals surface area contributed by atoms with Crippen molar-refractivity contribution in [1.29, 1.82) is 0 Å². The van der Waals surface area contributed by atoms with Crippen molar-refractivity contribution in [3.8, 4) is 0 Å². The van der Waals surface area contributed by atoms with Gasteiger partial charge in [0.05, 0.1) is 24.2 Å². The second kappa shape index (κ2) is 7.85. The highest BCUT2D eigenvalue weighted by molar-refractivity contribution is 5.73. The molecule has 1 rings (SSSR count). The fraction of sp³-hybridized carbons (Fsp3) is 0.933. The summed E-state index contributed by atoms with van der Waals surface area (Å²) >= 11 is 0. The average molecular weight is 272 g/mol. The number of ether oxygens (including phenoxy) is 2. The third kappa shape index (κ3) is 4.46. The predicted octanol–water partition coefficient (Wildman–Crippen LogP) is 2.68. The van der Waals surface area contributed by atoms with Crippen LogP contribution in [-0.4, -0.2) is 36.0 Å². The van der Waals surface area contributed by atoms with Gasteiger partial charge in [-0.15, -0.1) is 0 Å². The second-order valence-electron chi connectivity index (χ2n) is 5.43. The summed E-state index contributed by atoms with van der Waals surface area (Å²) in [7, 11) is 0. The van der Waals surface area contributed by atoms with Crippen LogP contribution >= 0.6 is 0 Å². The van der Waals surface area contributed by atoms with Crippen LogP contribution in [0, 0.1) is 5.92 Å². The molecule has 0 spiro atoms. The van der Waals surface area contributed by atoms with E-state index in [-0.39, 0.29) is 12.1 Å². The molecule has 112 valence electrons. The fourth-order valence-corrected chi connectivity index (χ4v) is 2.92. The van der Waals surface area contributed by atoms with Gasteiger partial charge in [0, 0.05) is 19.4 Å². The highest BCUT2D eigenvalue weighted by atomic mass is 16.5. The molecule has 4 nitrogen and oxygen atoms in total. The lowest BCUT2D eigenvalue weighted by molar-refractivity contribution is -0.173. The van der Waals surface area contributed by atoms with E-state index in [0.717, 1.165) is 19.3 Å². The maximum atomic E-state index is 12.1. The van der Waals surface area contributed by atoms with Gasteiger partial charge < -0.3 is 14.6 Å². The maximum absolute atomic E-state index is 12.1. The minimum absolute atomic E-state index is 0.0672. The molecule has 4 heteroatoms. The molecular formula is C15H28O4. The molecule has 0 aromatic carbocycles. The molecule has 1 aliphatic rings. The first kappa shape index (κ1) is 16.4. The van der Waals surface area contributed by atoms with Gasteiger partial charge in [0.1, 0.15) is 0 Å². The number of carbonyl (C=O) groups excluding carboxylic acids is 1. The lowest BCUT2D eigenvalue weighted by Gasteiger charge is -2.41. The summed E-state index contributed by atoms with van der Waals surface area (Å²) in [4.78, 5) is 12.1. The Kier molecular flexibility index (Phi) is 6.80. The van der Waals surface area contributed by atoms with E-state index in [1.807, 2.05) is 6.92 Å². The largest absolute Gasteiger partial charge is 0.466 e. The van der Waals surface area contributed by atoms with Crippen molar-refractivity contribution in [2.45, 2.75) is 71.0 Å². The normalized spacial score (nSPS) is 28.9. The number of esters is 1. The number of hydrogen-bond donors (Lipinski definition) is 1. The number of rotatable bonds is 7. The van der Waals surface area contributed by atoms with E-state index in [0.29, 0.717) is 32.5 Å². The fourth-order valence-electron chi connectivity index (χ4n) is 2.92. The van der Waals surface area contributed by atoms with Crippen molar-refractivity contribution in [1.82, 2.24) is 0 Å². The molecule has 0 aromatic heterocycles. The Morgan fingerprint density at radius 1 is 1.42 bits per heavy atom. The van der Waals surface area contributed by atoms with Crippen LogP contribution in [0.2, 0.25) is 0 Å². The Morgan fingerprint density at radius 2 is 2.16 bits per heavy atom. The van der Waals surface area contributed by atoms with E-state index in [2.05, 4.69) is 6.92 Å². The molecule has 0 aliphatic carbocycles. The molecule has 0 aromatic rings. The Balaban J connectivity index is 2.76. The van der Waals surface area contributed by atoms with Crippen LogP contribution < -0.4 is 0 Å². The van der Waals surface area contributed by atoms with Gasteiger partial charge in [-0.25, -0.2) is 0 Å². The van der Waals surface area contributed by atoms with Gasteiger partial charge in [-0.05, 0) is 19.8 Å². The summed E-state index contributed by atoms with van der Waals surface area (Å²) in [6.07, 6.45) is 4.64. The Morgan fingerprint density at radius 3 is 2.74 bits per heavy atom. The van der Waals surface area contributed by atoms with Gasteiger partial charge in [0.25, 0.3) is 0 Å². The first-order chi connectivity index (χ1) is 9.07. The minimum atomic E-state index is -0.958. The molecule has 1 saturated heterocycles. The molecule has 0 amide bonds. The van der Waals surface area contributed by atoms with Crippen LogP contribution in [0.25, 0.3) is 0 Å². The van der Waals surface area contributed by atoms with E-state index in [9.17, 15) is 9.90 Å². The van der Waals surface area contributed by atoms with Crippen molar-refractivity contribution < 1.29 is 19.4 Å². The summed E-state index contributed by atoms with van der Waals surface area (Å²) < 4.78 is 10.8. The second-order valence-corrected chi connectivity index (χ2v) is 5.43. The Labute approximate surface area is 116 Å². The lowest BCUT2D eigenvalue weighted by atomic mass is 9.76. The Bertz CT molecular complexity index is 277. The minimum Gasteiger partial charge on any atom is -0.466 e. The van der Waals surface area contributed by atoms with Crippen molar-refractivity contribution >= 4 is 5.97 Å². The molecule has 1 heterocycles. The quantitative estimate of drug-likeness (QED) is 0.724. The van der Waals surface area contributed by atoms with E-state index in [4.69, 9.17) is 9.47 Å². The summed E-state index contributed by atoms with van der Waals surface area (Å²) in [5, 5.41) is 10.9. The molecule has 3 atom stereocenters. The van der Waals surface area contributed by atoms with E-state index in [1.54, 1.807) is 6.92 Å². The van der Waals surface area contributed by atoms with Crippen LogP contribution in [-0.2, 0) is 14.3 Å². The van der Waals surface area contributed by atoms with Gasteiger partial charge >= 0.3 is 5.97 Å². The summed E-state index contributed by atoms with van der Waals surface area (Å²) in [5.74, 6) is -0.676. The summed E-state index contributed by atoms with van der Waals surface area (Å²) in [6, 6.07) is 0. The van der Waals surface area contributed by atoms with Crippen molar-refractivity contribution in [3.63, 3.8) is 0 Å². The van der Waals surface area contributed by atoms with E-state index < -0.39 is 11.5 Å². The van der Waals surface area contributed by atoms with Crippen LogP contribution in [0.15, 0.2) is 0 Å². The molecule has 19 heavy (non-hydrogen) atoms. The van der Waals surface area contributed by atoms with Gasteiger partial charge in [0.15, 0.2) is 0 Å². The SMILES string of the molecule is CCCC1CC(O)(C(CCC)C(=O)OCC)CCO1. The molecule has 0 bridgehead atoms. The van der Waals surface area contributed by atoms with Crippen LogP contribution in [0.4, 0.5) is 0 Å². The molecule has 1 fully saturated rings. The molecular weight excluding hydrogens is 244 g/mol. The highest BCUT2D eigenvalue weighted by Crippen LogP contribution is 2.36. The maximum Gasteiger partial charge on any atom is 0.311 e. The van der Waals surface area contributed by atoms with Gasteiger partial charge in [-0.2, -0.15) is 0 Å². The monoisotopic (exact) mass is 272 g/mol. The van der Waals surface area contributed by atoms with Gasteiger partial charge in [-0.1, -0.05) is 26.7 Å². The molecule has 3 unspecified atom stereocenters. The summed E-state index contributed by atoms with van der Waals surface area (Å²) in [6.45, 7) is 6.82. The molecule has 0 radical (unpaired) electrons. The van der Waals surface area contributed by atoms with Gasteiger partial charge in [-0.3, -0.25) is 4.79 Å². The third-order valence-corrected chi connectivity index (χ3v) is 3.88. The van der Waals surface area contributed by atoms with Crippen molar-refractivity contribution in [3.05, 3.63) is 0 Å². The topological polar surface area (TPSA) is 55.8 Å². The van der Waals surface area contributed by atoms with E-state index in [1.165, 1.54) is 0 Å². The smallest absolute Gasteiger partial charge is 0.311 e. The number of hydrogen-bond acceptors (Lipinski definition) is 4. The lowest BCUT2D eigenvalue weighted by Crippen LogP contribution is -2.49. The first-order valence-corrected chi connectivity index (χ1v) is 7.58. The average Bonchev–Trinajstić information content (AvgIpc) is 2.36. The van der Waals surface area contributed by atoms with Crippen LogP contribution in [0.1, 0.15) is 59.3 Å². The van der Waals surface area contributed by atoms with Gasteiger partial charge in [0.2, 0.25) is 0 Å².